The summed E-state index contributed by atoms with van der Waals surface area (Å²) < 4.78 is 0. The van der Waals surface area contributed by atoms with E-state index in [1.165, 1.54) is 24.3 Å². The average Bonchev–Trinajstić information content (AvgIpc) is 2.53. The zero-order valence-corrected chi connectivity index (χ0v) is 14.2. The van der Waals surface area contributed by atoms with Crippen molar-refractivity contribution >= 4 is 43.2 Å². The van der Waals surface area contributed by atoms with Gasteiger partial charge < -0.3 is 0 Å². The number of nitro groups is 2. The highest BCUT2D eigenvalue weighted by atomic mass is 79.9. The molecule has 0 fully saturated rings. The van der Waals surface area contributed by atoms with E-state index in [2.05, 4.69) is 31.9 Å². The first-order valence-electron chi connectivity index (χ1n) is 6.17. The minimum Gasteiger partial charge on any atom is -0.258 e. The number of rotatable bonds is 5. The standard InChI is InChI=1S/C14H10Br2N2O4/c15-13(9-1-5-11(6-2-9)17(19)20)14(16)10-3-7-12(8-4-10)18(21)22/h1-8,13-14H/t13-,14+. The van der Waals surface area contributed by atoms with E-state index in [-0.39, 0.29) is 21.0 Å². The van der Waals surface area contributed by atoms with Gasteiger partial charge in [0.1, 0.15) is 0 Å². The third-order valence-corrected chi connectivity index (χ3v) is 5.93. The molecule has 0 spiro atoms. The molecule has 8 heteroatoms. The van der Waals surface area contributed by atoms with E-state index in [0.29, 0.717) is 0 Å². The van der Waals surface area contributed by atoms with Crippen molar-refractivity contribution in [2.75, 3.05) is 0 Å². The van der Waals surface area contributed by atoms with Gasteiger partial charge in [-0.1, -0.05) is 56.1 Å². The van der Waals surface area contributed by atoms with Crippen molar-refractivity contribution in [1.82, 2.24) is 0 Å². The number of hydrogen-bond donors (Lipinski definition) is 0. The van der Waals surface area contributed by atoms with Crippen LogP contribution in [0.25, 0.3) is 0 Å². The van der Waals surface area contributed by atoms with Crippen molar-refractivity contribution in [2.45, 2.75) is 9.65 Å². The topological polar surface area (TPSA) is 86.3 Å². The normalized spacial score (nSPS) is 13.4. The van der Waals surface area contributed by atoms with Gasteiger partial charge in [0.25, 0.3) is 11.4 Å². The zero-order chi connectivity index (χ0) is 16.3. The van der Waals surface area contributed by atoms with Gasteiger partial charge in [0.05, 0.1) is 19.5 Å². The van der Waals surface area contributed by atoms with E-state index in [4.69, 9.17) is 0 Å². The van der Waals surface area contributed by atoms with E-state index in [0.717, 1.165) is 11.1 Å². The Bertz CT molecular complexity index is 627. The summed E-state index contributed by atoms with van der Waals surface area (Å²) in [6, 6.07) is 12.5. The Hall–Kier alpha value is -1.80. The number of hydrogen-bond acceptors (Lipinski definition) is 4. The van der Waals surface area contributed by atoms with Crippen molar-refractivity contribution in [3.63, 3.8) is 0 Å². The highest BCUT2D eigenvalue weighted by Gasteiger charge is 2.21. The first kappa shape index (κ1) is 16.6. The molecule has 22 heavy (non-hydrogen) atoms. The molecule has 0 saturated heterocycles. The van der Waals surface area contributed by atoms with E-state index >= 15 is 0 Å². The Labute approximate surface area is 142 Å². The second-order valence-corrected chi connectivity index (χ2v) is 6.47. The number of benzene rings is 2. The number of nitro benzene ring substituents is 2. The lowest BCUT2D eigenvalue weighted by Crippen LogP contribution is -2.00. The van der Waals surface area contributed by atoms with E-state index < -0.39 is 9.85 Å². The molecule has 0 amide bonds. The van der Waals surface area contributed by atoms with Crippen LogP contribution >= 0.6 is 31.9 Å². The number of non-ortho nitro benzene ring substituents is 2. The van der Waals surface area contributed by atoms with E-state index in [1.807, 2.05) is 0 Å². The fraction of sp³-hybridized carbons (Fsp3) is 0.143. The molecular formula is C14H10Br2N2O4. The quantitative estimate of drug-likeness (QED) is 0.377. The highest BCUT2D eigenvalue weighted by Crippen LogP contribution is 2.42. The van der Waals surface area contributed by atoms with Gasteiger partial charge >= 0.3 is 0 Å². The van der Waals surface area contributed by atoms with Crippen LogP contribution in [-0.4, -0.2) is 9.85 Å². The third kappa shape index (κ3) is 3.69. The summed E-state index contributed by atoms with van der Waals surface area (Å²) in [6.07, 6.45) is 0. The molecule has 6 nitrogen and oxygen atoms in total. The Kier molecular flexibility index (Phi) is 5.25. The molecule has 0 N–H and O–H groups in total. The minimum absolute atomic E-state index is 0.0323. The second kappa shape index (κ2) is 6.97. The molecule has 2 rings (SSSR count). The van der Waals surface area contributed by atoms with Gasteiger partial charge in [0.15, 0.2) is 0 Å². The summed E-state index contributed by atoms with van der Waals surface area (Å²) in [5.41, 5.74) is 1.80. The molecule has 0 aliphatic carbocycles. The molecule has 0 aliphatic rings. The lowest BCUT2D eigenvalue weighted by atomic mass is 10.0. The monoisotopic (exact) mass is 428 g/mol. The summed E-state index contributed by atoms with van der Waals surface area (Å²) in [5.74, 6) is 0. The molecule has 2 aromatic carbocycles. The molecule has 0 saturated carbocycles. The van der Waals surface area contributed by atoms with Gasteiger partial charge in [0.2, 0.25) is 0 Å². The van der Waals surface area contributed by atoms with Gasteiger partial charge in [-0.25, -0.2) is 0 Å². The van der Waals surface area contributed by atoms with Crippen molar-refractivity contribution < 1.29 is 9.85 Å². The van der Waals surface area contributed by atoms with Crippen LogP contribution in [0.15, 0.2) is 48.5 Å². The fourth-order valence-electron chi connectivity index (χ4n) is 1.90. The predicted octanol–water partition coefficient (Wildman–Crippen LogP) is 5.08. The SMILES string of the molecule is O=[N+]([O-])c1ccc([C@@H](Br)[C@@H](Br)c2ccc([N+](=O)[O-])cc2)cc1. The van der Waals surface area contributed by atoms with Crippen LogP contribution in [0.4, 0.5) is 11.4 Å². The molecule has 0 unspecified atom stereocenters. The van der Waals surface area contributed by atoms with Crippen LogP contribution in [0.1, 0.15) is 20.8 Å². The number of halogens is 2. The highest BCUT2D eigenvalue weighted by molar-refractivity contribution is 9.12. The van der Waals surface area contributed by atoms with Gasteiger partial charge in [-0.2, -0.15) is 0 Å². The summed E-state index contributed by atoms with van der Waals surface area (Å²) in [5, 5.41) is 21.3. The number of alkyl halides is 2. The largest absolute Gasteiger partial charge is 0.269 e. The second-order valence-electron chi connectivity index (χ2n) is 4.50. The third-order valence-electron chi connectivity index (χ3n) is 3.10. The van der Waals surface area contributed by atoms with E-state index in [9.17, 15) is 20.2 Å². The Morgan fingerprint density at radius 2 is 0.955 bits per heavy atom. The van der Waals surface area contributed by atoms with Crippen molar-refractivity contribution in [2.24, 2.45) is 0 Å². The van der Waals surface area contributed by atoms with Crippen LogP contribution in [0.3, 0.4) is 0 Å². The maximum absolute atomic E-state index is 10.7. The lowest BCUT2D eigenvalue weighted by Gasteiger charge is -2.17. The van der Waals surface area contributed by atoms with Crippen LogP contribution in [0.2, 0.25) is 0 Å². The van der Waals surface area contributed by atoms with Gasteiger partial charge in [-0.15, -0.1) is 0 Å². The molecule has 2 atom stereocenters. The summed E-state index contributed by atoms with van der Waals surface area (Å²) >= 11 is 7.09. The van der Waals surface area contributed by atoms with Crippen LogP contribution < -0.4 is 0 Å². The molecular weight excluding hydrogens is 420 g/mol. The Morgan fingerprint density at radius 1 is 0.682 bits per heavy atom. The molecule has 2 aromatic rings. The summed E-state index contributed by atoms with van der Waals surface area (Å²) in [4.78, 5) is 20.1. The summed E-state index contributed by atoms with van der Waals surface area (Å²) in [6.45, 7) is 0. The van der Waals surface area contributed by atoms with Gasteiger partial charge in [-0.3, -0.25) is 20.2 Å². The van der Waals surface area contributed by atoms with E-state index in [1.54, 1.807) is 24.3 Å². The summed E-state index contributed by atoms with van der Waals surface area (Å²) in [7, 11) is 0. The van der Waals surface area contributed by atoms with Crippen LogP contribution in [0, 0.1) is 20.2 Å². The van der Waals surface area contributed by atoms with Crippen molar-refractivity contribution in [1.29, 1.82) is 0 Å². The maximum atomic E-state index is 10.7. The average molecular weight is 430 g/mol. The molecule has 0 bridgehead atoms. The Balaban J connectivity index is 2.18. The predicted molar refractivity (Wildman–Crippen MR) is 89.5 cm³/mol. The van der Waals surface area contributed by atoms with Crippen molar-refractivity contribution in [3.8, 4) is 0 Å². The smallest absolute Gasteiger partial charge is 0.258 e. The number of nitrogens with zero attached hydrogens (tertiary/aromatic N) is 2. The van der Waals surface area contributed by atoms with Crippen LogP contribution in [0.5, 0.6) is 0 Å². The van der Waals surface area contributed by atoms with Gasteiger partial charge in [0, 0.05) is 24.3 Å². The minimum atomic E-state index is -0.449. The zero-order valence-electron chi connectivity index (χ0n) is 11.1. The molecule has 0 aliphatic heterocycles. The fourth-order valence-corrected chi connectivity index (χ4v) is 3.12. The molecule has 0 heterocycles. The maximum Gasteiger partial charge on any atom is 0.269 e. The molecule has 0 radical (unpaired) electrons. The lowest BCUT2D eigenvalue weighted by molar-refractivity contribution is -0.385. The molecule has 114 valence electrons. The van der Waals surface area contributed by atoms with Crippen molar-refractivity contribution in [3.05, 3.63) is 79.9 Å². The first-order valence-corrected chi connectivity index (χ1v) is 8.00. The van der Waals surface area contributed by atoms with Crippen LogP contribution in [-0.2, 0) is 0 Å². The first-order chi connectivity index (χ1) is 10.4. The Morgan fingerprint density at radius 3 is 1.18 bits per heavy atom. The molecule has 0 aromatic heterocycles. The van der Waals surface area contributed by atoms with Gasteiger partial charge in [-0.05, 0) is 11.1 Å².